The summed E-state index contributed by atoms with van der Waals surface area (Å²) in [6.45, 7) is 6.60. The molecule has 1 aromatic carbocycles. The van der Waals surface area contributed by atoms with E-state index in [-0.39, 0.29) is 17.9 Å². The minimum absolute atomic E-state index is 0.0511. The molecule has 0 amide bonds. The first-order valence-electron chi connectivity index (χ1n) is 6.12. The Morgan fingerprint density at radius 2 is 1.65 bits per heavy atom. The van der Waals surface area contributed by atoms with Gasteiger partial charge in [0.25, 0.3) is 0 Å². The zero-order chi connectivity index (χ0) is 12.8. The van der Waals surface area contributed by atoms with Gasteiger partial charge in [-0.1, -0.05) is 45.0 Å². The van der Waals surface area contributed by atoms with E-state index in [4.69, 9.17) is 10.8 Å². The van der Waals surface area contributed by atoms with Crippen LogP contribution in [0, 0.1) is 0 Å². The van der Waals surface area contributed by atoms with Gasteiger partial charge in [-0.3, -0.25) is 0 Å². The van der Waals surface area contributed by atoms with Crippen molar-refractivity contribution in [2.45, 2.75) is 38.0 Å². The summed E-state index contributed by atoms with van der Waals surface area (Å²) in [7, 11) is 0. The van der Waals surface area contributed by atoms with Crippen molar-refractivity contribution < 1.29 is 5.11 Å². The van der Waals surface area contributed by atoms with Crippen LogP contribution in [0.15, 0.2) is 24.3 Å². The first kappa shape index (κ1) is 14.6. The van der Waals surface area contributed by atoms with E-state index in [1.54, 1.807) is 11.8 Å². The highest BCUT2D eigenvalue weighted by Gasteiger charge is 2.09. The molecule has 0 radical (unpaired) electrons. The van der Waals surface area contributed by atoms with Crippen molar-refractivity contribution in [1.82, 2.24) is 0 Å². The second-order valence-corrected chi connectivity index (χ2v) is 6.23. The maximum atomic E-state index is 8.95. The number of nitrogens with two attached hydrogens (primary N) is 1. The van der Waals surface area contributed by atoms with E-state index < -0.39 is 0 Å². The molecule has 0 aliphatic carbocycles. The molecule has 1 aromatic rings. The fourth-order valence-corrected chi connectivity index (χ4v) is 2.38. The summed E-state index contributed by atoms with van der Waals surface area (Å²) < 4.78 is 0. The van der Waals surface area contributed by atoms with Crippen molar-refractivity contribution in [2.75, 3.05) is 12.4 Å². The zero-order valence-corrected chi connectivity index (χ0v) is 11.7. The van der Waals surface area contributed by atoms with Gasteiger partial charge >= 0.3 is 0 Å². The Labute approximate surface area is 109 Å². The minimum Gasteiger partial charge on any atom is -0.395 e. The van der Waals surface area contributed by atoms with Crippen LogP contribution in [0.1, 0.15) is 43.9 Å². The summed E-state index contributed by atoms with van der Waals surface area (Å²) in [6.07, 6.45) is 0. The van der Waals surface area contributed by atoms with Crippen LogP contribution in [0.3, 0.4) is 0 Å². The average molecular weight is 253 g/mol. The molecular weight excluding hydrogens is 230 g/mol. The predicted molar refractivity (Wildman–Crippen MR) is 76.5 cm³/mol. The summed E-state index contributed by atoms with van der Waals surface area (Å²) in [5, 5.41) is 9.21. The zero-order valence-electron chi connectivity index (χ0n) is 10.9. The van der Waals surface area contributed by atoms with Gasteiger partial charge in [-0.05, 0) is 17.0 Å². The molecule has 17 heavy (non-hydrogen) atoms. The Bertz CT molecular complexity index is 323. The van der Waals surface area contributed by atoms with Crippen molar-refractivity contribution in [3.8, 4) is 0 Å². The van der Waals surface area contributed by atoms with Gasteiger partial charge in [-0.25, -0.2) is 0 Å². The van der Waals surface area contributed by atoms with Gasteiger partial charge in [0.1, 0.15) is 0 Å². The molecule has 0 bridgehead atoms. The van der Waals surface area contributed by atoms with Gasteiger partial charge in [0.05, 0.1) is 6.61 Å². The first-order chi connectivity index (χ1) is 8.04. The average Bonchev–Trinajstić information content (AvgIpc) is 2.35. The lowest BCUT2D eigenvalue weighted by molar-refractivity contribution is 0.300. The van der Waals surface area contributed by atoms with Crippen molar-refractivity contribution >= 4 is 11.8 Å². The third-order valence-corrected chi connectivity index (χ3v) is 4.12. The summed E-state index contributed by atoms with van der Waals surface area (Å²) >= 11 is 1.71. The molecule has 0 aliphatic heterocycles. The molecule has 0 fully saturated rings. The Hall–Kier alpha value is -0.510. The summed E-state index contributed by atoms with van der Waals surface area (Å²) in [5.74, 6) is 1.41. The number of hydrogen-bond donors (Lipinski definition) is 2. The molecule has 3 heteroatoms. The molecule has 0 saturated heterocycles. The molecule has 0 heterocycles. The van der Waals surface area contributed by atoms with Gasteiger partial charge in [-0.2, -0.15) is 11.8 Å². The van der Waals surface area contributed by atoms with Crippen LogP contribution in [-0.2, 0) is 0 Å². The molecular formula is C14H23NOS. The Kier molecular flexibility index (Phi) is 6.03. The number of hydrogen-bond acceptors (Lipinski definition) is 3. The molecule has 0 saturated carbocycles. The molecule has 2 unspecified atom stereocenters. The largest absolute Gasteiger partial charge is 0.395 e. The van der Waals surface area contributed by atoms with E-state index in [1.807, 2.05) is 6.92 Å². The van der Waals surface area contributed by atoms with Gasteiger partial charge in [0, 0.05) is 17.0 Å². The van der Waals surface area contributed by atoms with Crippen LogP contribution in [0.2, 0.25) is 0 Å². The van der Waals surface area contributed by atoms with E-state index in [2.05, 4.69) is 38.1 Å². The molecule has 3 N–H and O–H groups in total. The fraction of sp³-hybridized carbons (Fsp3) is 0.571. The predicted octanol–water partition coefficient (Wildman–Crippen LogP) is 2.92. The SMILES string of the molecule is CC(CO)SCC(N)c1ccc(C(C)C)cc1. The van der Waals surface area contributed by atoms with Crippen LogP contribution in [0.5, 0.6) is 0 Å². The monoisotopic (exact) mass is 253 g/mol. The Balaban J connectivity index is 2.54. The van der Waals surface area contributed by atoms with E-state index in [0.29, 0.717) is 5.92 Å². The molecule has 2 nitrogen and oxygen atoms in total. The number of aliphatic hydroxyl groups excluding tert-OH is 1. The minimum atomic E-state index is 0.0511. The lowest BCUT2D eigenvalue weighted by atomic mass is 10.00. The highest BCUT2D eigenvalue weighted by molar-refractivity contribution is 7.99. The molecule has 96 valence electrons. The van der Waals surface area contributed by atoms with Crippen molar-refractivity contribution in [3.05, 3.63) is 35.4 Å². The molecule has 1 rings (SSSR count). The third kappa shape index (κ3) is 4.70. The van der Waals surface area contributed by atoms with Gasteiger partial charge in [0.2, 0.25) is 0 Å². The van der Waals surface area contributed by atoms with Gasteiger partial charge in [-0.15, -0.1) is 0 Å². The van der Waals surface area contributed by atoms with E-state index in [9.17, 15) is 0 Å². The number of aliphatic hydroxyl groups is 1. The van der Waals surface area contributed by atoms with Crippen LogP contribution < -0.4 is 5.73 Å². The number of thioether (sulfide) groups is 1. The third-order valence-electron chi connectivity index (χ3n) is 2.85. The molecule has 2 atom stereocenters. The highest BCUT2D eigenvalue weighted by atomic mass is 32.2. The van der Waals surface area contributed by atoms with Crippen LogP contribution >= 0.6 is 11.8 Å². The van der Waals surface area contributed by atoms with Crippen molar-refractivity contribution in [1.29, 1.82) is 0 Å². The second kappa shape index (κ2) is 7.04. The van der Waals surface area contributed by atoms with E-state index >= 15 is 0 Å². The normalized spacial score (nSPS) is 14.9. The van der Waals surface area contributed by atoms with Crippen LogP contribution in [0.25, 0.3) is 0 Å². The first-order valence-corrected chi connectivity index (χ1v) is 7.17. The topological polar surface area (TPSA) is 46.2 Å². The standard InChI is InChI=1S/C14H23NOS/c1-10(2)12-4-6-13(7-5-12)14(15)9-17-11(3)8-16/h4-7,10-11,14,16H,8-9,15H2,1-3H3. The summed E-state index contributed by atoms with van der Waals surface area (Å²) in [6, 6.07) is 8.59. The van der Waals surface area contributed by atoms with Gasteiger partial charge < -0.3 is 10.8 Å². The lowest BCUT2D eigenvalue weighted by Crippen LogP contribution is -2.15. The molecule has 0 aliphatic rings. The molecule has 0 spiro atoms. The van der Waals surface area contributed by atoms with E-state index in [1.165, 1.54) is 11.1 Å². The maximum absolute atomic E-state index is 8.95. The smallest absolute Gasteiger partial charge is 0.0547 e. The van der Waals surface area contributed by atoms with Crippen LogP contribution in [-0.4, -0.2) is 22.7 Å². The summed E-state index contributed by atoms with van der Waals surface area (Å²) in [4.78, 5) is 0. The van der Waals surface area contributed by atoms with Crippen LogP contribution in [0.4, 0.5) is 0 Å². The Morgan fingerprint density at radius 3 is 2.12 bits per heavy atom. The van der Waals surface area contributed by atoms with E-state index in [0.717, 1.165) is 5.75 Å². The van der Waals surface area contributed by atoms with Crippen molar-refractivity contribution in [3.63, 3.8) is 0 Å². The van der Waals surface area contributed by atoms with Crippen molar-refractivity contribution in [2.24, 2.45) is 5.73 Å². The number of benzene rings is 1. The van der Waals surface area contributed by atoms with Gasteiger partial charge in [0.15, 0.2) is 0 Å². The fourth-order valence-electron chi connectivity index (χ4n) is 1.54. The highest BCUT2D eigenvalue weighted by Crippen LogP contribution is 2.21. The number of rotatable bonds is 6. The molecule has 0 aromatic heterocycles. The second-order valence-electron chi connectivity index (χ2n) is 4.75. The quantitative estimate of drug-likeness (QED) is 0.819. The lowest BCUT2D eigenvalue weighted by Gasteiger charge is -2.15. The summed E-state index contributed by atoms with van der Waals surface area (Å²) in [5.41, 5.74) is 8.64. The Morgan fingerprint density at radius 1 is 1.12 bits per heavy atom. The maximum Gasteiger partial charge on any atom is 0.0547 e.